The zero-order chi connectivity index (χ0) is 25.7. The van der Waals surface area contributed by atoms with Gasteiger partial charge in [0.05, 0.1) is 12.0 Å². The lowest BCUT2D eigenvalue weighted by atomic mass is 9.99. The van der Waals surface area contributed by atoms with Crippen LogP contribution in [0.4, 0.5) is 0 Å². The van der Waals surface area contributed by atoms with E-state index in [4.69, 9.17) is 18.6 Å². The Hall–Kier alpha value is -2.89. The minimum atomic E-state index is -1.60. The molecule has 1 aromatic heterocycles. The Morgan fingerprint density at radius 1 is 1.09 bits per heavy atom. The van der Waals surface area contributed by atoms with Crippen LogP contribution in [0.2, 0.25) is 0 Å². The van der Waals surface area contributed by atoms with Gasteiger partial charge in [-0.05, 0) is 51.8 Å². The number of benzene rings is 1. The lowest BCUT2D eigenvalue weighted by Gasteiger charge is -2.39. The summed E-state index contributed by atoms with van der Waals surface area (Å²) in [6.07, 6.45) is -1.46. The number of aromatic hydroxyl groups is 1. The standard InChI is InChI=1S/C25H32O10/c1-13(2)5-4-6-14(3)9-10-32-23-16-8-7-15(11-17(16)34-24(31)22(23)30)33-25-21(29)20(28)19(27)18(12-26)35-25/h5,7-9,11,18-21,25-30H,4,6,10,12H2,1-3H3/b14-9+/t18-,19-,20+,21-,25-/m1/s1. The molecule has 0 saturated carbocycles. The van der Waals surface area contributed by atoms with Gasteiger partial charge in [0.1, 0.15) is 42.4 Å². The fourth-order valence-electron chi connectivity index (χ4n) is 3.62. The Morgan fingerprint density at radius 2 is 1.83 bits per heavy atom. The van der Waals surface area contributed by atoms with Gasteiger partial charge < -0.3 is 44.2 Å². The van der Waals surface area contributed by atoms with Crippen LogP contribution in [-0.4, -0.2) is 69.5 Å². The van der Waals surface area contributed by atoms with Gasteiger partial charge in [-0.25, -0.2) is 4.79 Å². The van der Waals surface area contributed by atoms with Gasteiger partial charge in [-0.15, -0.1) is 0 Å². The molecule has 1 aromatic carbocycles. The van der Waals surface area contributed by atoms with Gasteiger partial charge in [0, 0.05) is 6.07 Å². The first-order valence-electron chi connectivity index (χ1n) is 11.3. The maximum atomic E-state index is 12.2. The highest BCUT2D eigenvalue weighted by molar-refractivity contribution is 5.86. The van der Waals surface area contributed by atoms with Crippen LogP contribution in [0.15, 0.2) is 50.7 Å². The Labute approximate surface area is 202 Å². The number of aliphatic hydroxyl groups excluding tert-OH is 4. The molecule has 5 atom stereocenters. The molecule has 0 radical (unpaired) electrons. The van der Waals surface area contributed by atoms with Gasteiger partial charge in [-0.1, -0.05) is 17.2 Å². The minimum Gasteiger partial charge on any atom is -0.499 e. The van der Waals surface area contributed by atoms with Gasteiger partial charge in [-0.2, -0.15) is 0 Å². The number of fused-ring (bicyclic) bond motifs is 1. The van der Waals surface area contributed by atoms with Crippen molar-refractivity contribution in [2.75, 3.05) is 13.2 Å². The molecule has 10 nitrogen and oxygen atoms in total. The maximum Gasteiger partial charge on any atom is 0.382 e. The molecule has 10 heteroatoms. The Kier molecular flexibility index (Phi) is 8.92. The summed E-state index contributed by atoms with van der Waals surface area (Å²) in [4.78, 5) is 12.2. The molecular weight excluding hydrogens is 460 g/mol. The highest BCUT2D eigenvalue weighted by atomic mass is 16.7. The number of aliphatic hydroxyl groups is 4. The molecule has 1 fully saturated rings. The van der Waals surface area contributed by atoms with E-state index in [1.54, 1.807) is 0 Å². The van der Waals surface area contributed by atoms with Crippen LogP contribution < -0.4 is 15.1 Å². The quantitative estimate of drug-likeness (QED) is 0.258. The lowest BCUT2D eigenvalue weighted by Crippen LogP contribution is -2.60. The van der Waals surface area contributed by atoms with Crippen molar-refractivity contribution in [3.05, 3.63) is 51.9 Å². The molecule has 1 aliphatic heterocycles. The summed E-state index contributed by atoms with van der Waals surface area (Å²) in [7, 11) is 0. The third kappa shape index (κ3) is 6.41. The summed E-state index contributed by atoms with van der Waals surface area (Å²) in [5, 5.41) is 49.9. The number of allylic oxidation sites excluding steroid dienone is 3. The predicted octanol–water partition coefficient (Wildman–Crippen LogP) is 1.75. The normalized spacial score (nSPS) is 24.9. The molecule has 2 aromatic rings. The average molecular weight is 493 g/mol. The molecule has 35 heavy (non-hydrogen) atoms. The third-order valence-corrected chi connectivity index (χ3v) is 5.66. The molecule has 0 unspecified atom stereocenters. The molecule has 0 spiro atoms. The zero-order valence-corrected chi connectivity index (χ0v) is 19.9. The number of hydrogen-bond donors (Lipinski definition) is 5. The summed E-state index contributed by atoms with van der Waals surface area (Å²) < 4.78 is 21.7. The highest BCUT2D eigenvalue weighted by Gasteiger charge is 2.44. The van der Waals surface area contributed by atoms with Gasteiger partial charge in [-0.3, -0.25) is 0 Å². The van der Waals surface area contributed by atoms with E-state index in [0.29, 0.717) is 5.39 Å². The second-order valence-corrected chi connectivity index (χ2v) is 8.72. The van der Waals surface area contributed by atoms with Gasteiger partial charge in [0.2, 0.25) is 12.0 Å². The van der Waals surface area contributed by atoms with Crippen molar-refractivity contribution in [2.45, 2.75) is 64.3 Å². The van der Waals surface area contributed by atoms with Crippen LogP contribution in [0.3, 0.4) is 0 Å². The molecule has 0 amide bonds. The van der Waals surface area contributed by atoms with Gasteiger partial charge in [0.15, 0.2) is 5.75 Å². The smallest absolute Gasteiger partial charge is 0.382 e. The molecule has 1 aliphatic rings. The maximum absolute atomic E-state index is 12.2. The summed E-state index contributed by atoms with van der Waals surface area (Å²) in [6.45, 7) is 5.59. The number of rotatable bonds is 9. The fraction of sp³-hybridized carbons (Fsp3) is 0.480. The Morgan fingerprint density at radius 3 is 2.51 bits per heavy atom. The van der Waals surface area contributed by atoms with Crippen molar-refractivity contribution in [2.24, 2.45) is 0 Å². The first-order valence-corrected chi connectivity index (χ1v) is 11.3. The third-order valence-electron chi connectivity index (χ3n) is 5.66. The van der Waals surface area contributed by atoms with E-state index >= 15 is 0 Å². The van der Waals surface area contributed by atoms with E-state index in [-0.39, 0.29) is 23.7 Å². The van der Waals surface area contributed by atoms with Gasteiger partial charge >= 0.3 is 5.63 Å². The number of hydrogen-bond acceptors (Lipinski definition) is 10. The molecule has 0 aliphatic carbocycles. The SMILES string of the molecule is CC(C)=CCC/C(C)=C/COc1c(O)c(=O)oc2cc(O[C@@H]3O[C@H](CO)[C@@H](O)[C@H](O)[C@H]3O)ccc12. The fourth-order valence-corrected chi connectivity index (χ4v) is 3.62. The first kappa shape index (κ1) is 26.7. The summed E-state index contributed by atoms with van der Waals surface area (Å²) in [5.41, 5.74) is 1.40. The summed E-state index contributed by atoms with van der Waals surface area (Å²) in [6, 6.07) is 4.31. The molecule has 0 bridgehead atoms. The second-order valence-electron chi connectivity index (χ2n) is 8.72. The van der Waals surface area contributed by atoms with E-state index in [1.165, 1.54) is 23.8 Å². The van der Waals surface area contributed by atoms with Crippen molar-refractivity contribution >= 4 is 11.0 Å². The molecular formula is C25H32O10. The Bertz CT molecular complexity index is 1130. The lowest BCUT2D eigenvalue weighted by molar-refractivity contribution is -0.277. The van der Waals surface area contributed by atoms with Crippen LogP contribution in [0.1, 0.15) is 33.6 Å². The molecule has 1 saturated heterocycles. The van der Waals surface area contributed by atoms with Crippen molar-refractivity contribution in [3.8, 4) is 17.2 Å². The average Bonchev–Trinajstić information content (AvgIpc) is 2.81. The van der Waals surface area contributed by atoms with E-state index < -0.39 is 48.7 Å². The van der Waals surface area contributed by atoms with E-state index in [9.17, 15) is 30.3 Å². The largest absolute Gasteiger partial charge is 0.499 e. The molecule has 192 valence electrons. The number of ether oxygens (including phenoxy) is 3. The molecule has 2 heterocycles. The van der Waals surface area contributed by atoms with Crippen LogP contribution >= 0.6 is 0 Å². The van der Waals surface area contributed by atoms with Crippen molar-refractivity contribution in [1.29, 1.82) is 0 Å². The van der Waals surface area contributed by atoms with Crippen LogP contribution in [0.25, 0.3) is 11.0 Å². The van der Waals surface area contributed by atoms with Crippen LogP contribution in [0.5, 0.6) is 17.2 Å². The summed E-state index contributed by atoms with van der Waals surface area (Å²) >= 11 is 0. The topological polar surface area (TPSA) is 159 Å². The van der Waals surface area contributed by atoms with E-state index in [2.05, 4.69) is 6.08 Å². The van der Waals surface area contributed by atoms with E-state index in [0.717, 1.165) is 18.4 Å². The van der Waals surface area contributed by atoms with Crippen molar-refractivity contribution in [1.82, 2.24) is 0 Å². The van der Waals surface area contributed by atoms with Gasteiger partial charge in [0.25, 0.3) is 0 Å². The Balaban J connectivity index is 1.78. The second kappa shape index (κ2) is 11.7. The van der Waals surface area contributed by atoms with Crippen molar-refractivity contribution < 1.29 is 44.2 Å². The molecule has 5 N–H and O–H groups in total. The predicted molar refractivity (Wildman–Crippen MR) is 126 cm³/mol. The monoisotopic (exact) mass is 492 g/mol. The first-order chi connectivity index (χ1) is 16.6. The highest BCUT2D eigenvalue weighted by Crippen LogP contribution is 2.34. The minimum absolute atomic E-state index is 0.0380. The zero-order valence-electron chi connectivity index (χ0n) is 19.9. The van der Waals surface area contributed by atoms with Crippen LogP contribution in [0, 0.1) is 0 Å². The molecule has 3 rings (SSSR count). The van der Waals surface area contributed by atoms with Crippen LogP contribution in [-0.2, 0) is 4.74 Å². The van der Waals surface area contributed by atoms with Crippen molar-refractivity contribution in [3.63, 3.8) is 0 Å². The summed E-state index contributed by atoms with van der Waals surface area (Å²) in [5.74, 6) is -0.587. The van der Waals surface area contributed by atoms with E-state index in [1.807, 2.05) is 26.8 Å².